The molecule has 1 N–H and O–H groups in total. The number of benzene rings is 1. The van der Waals surface area contributed by atoms with Crippen LogP contribution in [-0.4, -0.2) is 59.2 Å². The molecule has 1 fully saturated rings. The van der Waals surface area contributed by atoms with Gasteiger partial charge in [-0.1, -0.05) is 55.5 Å². The SMILES string of the molecule is CC1(C)CC(=O)c2sc(NC(=O)CN3CCN(Cc4ccccc4)CC3)nc2C1. The van der Waals surface area contributed by atoms with E-state index in [1.165, 1.54) is 16.9 Å². The first-order valence-corrected chi connectivity index (χ1v) is 11.0. The number of carbonyl (C=O) groups excluding carboxylic acids is 2. The highest BCUT2D eigenvalue weighted by Crippen LogP contribution is 2.38. The summed E-state index contributed by atoms with van der Waals surface area (Å²) in [7, 11) is 0. The molecule has 1 aromatic carbocycles. The predicted octanol–water partition coefficient (Wildman–Crippen LogP) is 3.05. The van der Waals surface area contributed by atoms with Crippen molar-refractivity contribution in [3.63, 3.8) is 0 Å². The Morgan fingerprint density at radius 2 is 1.79 bits per heavy atom. The molecule has 4 rings (SSSR count). The van der Waals surface area contributed by atoms with E-state index in [1.54, 1.807) is 0 Å². The lowest BCUT2D eigenvalue weighted by molar-refractivity contribution is -0.117. The van der Waals surface area contributed by atoms with Gasteiger partial charge >= 0.3 is 0 Å². The fourth-order valence-corrected chi connectivity index (χ4v) is 5.02. The average Bonchev–Trinajstić information content (AvgIpc) is 3.05. The largest absolute Gasteiger partial charge is 0.301 e. The minimum Gasteiger partial charge on any atom is -0.301 e. The van der Waals surface area contributed by atoms with Crippen LogP contribution in [0.1, 0.15) is 41.2 Å². The second-order valence-electron chi connectivity index (χ2n) is 8.82. The van der Waals surface area contributed by atoms with Crippen LogP contribution in [0.4, 0.5) is 5.13 Å². The minimum atomic E-state index is -0.0567. The molecule has 1 saturated heterocycles. The Balaban J connectivity index is 1.26. The highest BCUT2D eigenvalue weighted by molar-refractivity contribution is 7.17. The summed E-state index contributed by atoms with van der Waals surface area (Å²) in [5.74, 6) is 0.0862. The van der Waals surface area contributed by atoms with Crippen molar-refractivity contribution in [2.75, 3.05) is 38.0 Å². The number of anilines is 1. The topological polar surface area (TPSA) is 65.5 Å². The van der Waals surface area contributed by atoms with Gasteiger partial charge in [-0.05, 0) is 17.4 Å². The van der Waals surface area contributed by atoms with E-state index in [-0.39, 0.29) is 17.1 Å². The summed E-state index contributed by atoms with van der Waals surface area (Å²) in [4.78, 5) is 34.7. The maximum Gasteiger partial charge on any atom is 0.240 e. The van der Waals surface area contributed by atoms with Gasteiger partial charge < -0.3 is 5.32 Å². The van der Waals surface area contributed by atoms with Crippen LogP contribution in [0.5, 0.6) is 0 Å². The molecule has 6 nitrogen and oxygen atoms in total. The Kier molecular flexibility index (Phi) is 5.81. The third-order valence-electron chi connectivity index (χ3n) is 5.56. The normalized spacial score (nSPS) is 19.7. The number of nitrogens with zero attached hydrogens (tertiary/aromatic N) is 3. The number of rotatable bonds is 5. The summed E-state index contributed by atoms with van der Waals surface area (Å²) >= 11 is 1.32. The summed E-state index contributed by atoms with van der Waals surface area (Å²) in [6.07, 6.45) is 1.33. The molecule has 1 aromatic heterocycles. The molecule has 2 heterocycles. The molecular formula is C22H28N4O2S. The van der Waals surface area contributed by atoms with Gasteiger partial charge in [0.15, 0.2) is 10.9 Å². The standard InChI is InChI=1S/C22H28N4O2S/c1-22(2)12-17-20(18(27)13-22)29-21(23-17)24-19(28)15-26-10-8-25(9-11-26)14-16-6-4-3-5-7-16/h3-7H,8-15H2,1-2H3,(H,23,24,28). The van der Waals surface area contributed by atoms with Crippen LogP contribution in [-0.2, 0) is 17.8 Å². The quantitative estimate of drug-likeness (QED) is 0.818. The number of piperazine rings is 1. The van der Waals surface area contributed by atoms with Crippen molar-refractivity contribution in [2.45, 2.75) is 33.2 Å². The Morgan fingerprint density at radius 1 is 1.10 bits per heavy atom. The number of fused-ring (bicyclic) bond motifs is 1. The van der Waals surface area contributed by atoms with Crippen molar-refractivity contribution in [3.05, 3.63) is 46.5 Å². The number of hydrogen-bond donors (Lipinski definition) is 1. The number of ketones is 1. The lowest BCUT2D eigenvalue weighted by atomic mass is 9.78. The van der Waals surface area contributed by atoms with Crippen molar-refractivity contribution >= 4 is 28.2 Å². The molecule has 1 aliphatic heterocycles. The monoisotopic (exact) mass is 412 g/mol. The molecule has 0 bridgehead atoms. The van der Waals surface area contributed by atoms with Gasteiger partial charge in [0, 0.05) is 39.1 Å². The smallest absolute Gasteiger partial charge is 0.240 e. The second kappa shape index (κ2) is 8.34. The summed E-state index contributed by atoms with van der Waals surface area (Å²) < 4.78 is 0. The first-order chi connectivity index (χ1) is 13.9. The number of amides is 1. The molecule has 2 aliphatic rings. The average molecular weight is 413 g/mol. The third-order valence-corrected chi connectivity index (χ3v) is 6.62. The van der Waals surface area contributed by atoms with Gasteiger partial charge in [0.1, 0.15) is 0 Å². The van der Waals surface area contributed by atoms with Crippen LogP contribution in [0.2, 0.25) is 0 Å². The summed E-state index contributed by atoms with van der Waals surface area (Å²) in [5, 5.41) is 3.46. The minimum absolute atomic E-state index is 0.0562. The summed E-state index contributed by atoms with van der Waals surface area (Å²) in [6, 6.07) is 10.5. The van der Waals surface area contributed by atoms with Crippen molar-refractivity contribution in [2.24, 2.45) is 5.41 Å². The van der Waals surface area contributed by atoms with Gasteiger partial charge in [-0.3, -0.25) is 19.4 Å². The maximum atomic E-state index is 12.5. The lowest BCUT2D eigenvalue weighted by Gasteiger charge is -2.34. The van der Waals surface area contributed by atoms with E-state index in [0.29, 0.717) is 23.0 Å². The first-order valence-electron chi connectivity index (χ1n) is 10.2. The first kappa shape index (κ1) is 20.2. The highest BCUT2D eigenvalue weighted by Gasteiger charge is 2.34. The molecule has 1 aliphatic carbocycles. The van der Waals surface area contributed by atoms with E-state index in [4.69, 9.17) is 0 Å². The molecule has 1 amide bonds. The fraction of sp³-hybridized carbons (Fsp3) is 0.500. The molecule has 29 heavy (non-hydrogen) atoms. The Bertz CT molecular complexity index is 885. The van der Waals surface area contributed by atoms with Gasteiger partial charge in [-0.25, -0.2) is 4.98 Å². The van der Waals surface area contributed by atoms with Gasteiger partial charge in [-0.15, -0.1) is 0 Å². The van der Waals surface area contributed by atoms with Crippen molar-refractivity contribution < 1.29 is 9.59 Å². The molecule has 0 radical (unpaired) electrons. The zero-order valence-corrected chi connectivity index (χ0v) is 17.9. The van der Waals surface area contributed by atoms with Gasteiger partial charge in [0.25, 0.3) is 0 Å². The second-order valence-corrected chi connectivity index (χ2v) is 9.82. The maximum absolute atomic E-state index is 12.5. The number of nitrogens with one attached hydrogen (secondary N) is 1. The molecule has 0 unspecified atom stereocenters. The van der Waals surface area contributed by atoms with Crippen molar-refractivity contribution in [1.29, 1.82) is 0 Å². The van der Waals surface area contributed by atoms with Crippen LogP contribution in [0.15, 0.2) is 30.3 Å². The molecule has 7 heteroatoms. The number of hydrogen-bond acceptors (Lipinski definition) is 6. The van der Waals surface area contributed by atoms with E-state index >= 15 is 0 Å². The molecule has 0 spiro atoms. The Hall–Kier alpha value is -2.09. The van der Waals surface area contributed by atoms with Crippen LogP contribution in [0, 0.1) is 5.41 Å². The zero-order valence-electron chi connectivity index (χ0n) is 17.1. The van der Waals surface area contributed by atoms with Gasteiger partial charge in [0.05, 0.1) is 17.1 Å². The molecular weight excluding hydrogens is 384 g/mol. The van der Waals surface area contributed by atoms with E-state index < -0.39 is 0 Å². The summed E-state index contributed by atoms with van der Waals surface area (Å²) in [6.45, 7) is 9.15. The summed E-state index contributed by atoms with van der Waals surface area (Å²) in [5.41, 5.74) is 2.10. The van der Waals surface area contributed by atoms with E-state index in [9.17, 15) is 9.59 Å². The van der Waals surface area contributed by atoms with Gasteiger partial charge in [-0.2, -0.15) is 0 Å². The number of carbonyl (C=O) groups is 2. The van der Waals surface area contributed by atoms with Crippen LogP contribution in [0.3, 0.4) is 0 Å². The van der Waals surface area contributed by atoms with Crippen molar-refractivity contribution in [1.82, 2.24) is 14.8 Å². The zero-order chi connectivity index (χ0) is 20.4. The Morgan fingerprint density at radius 3 is 2.52 bits per heavy atom. The molecule has 0 saturated carbocycles. The third kappa shape index (κ3) is 5.10. The van der Waals surface area contributed by atoms with Crippen LogP contribution in [0.25, 0.3) is 0 Å². The van der Waals surface area contributed by atoms with Crippen LogP contribution < -0.4 is 5.32 Å². The Labute approximate surface area is 175 Å². The number of aromatic nitrogens is 1. The lowest BCUT2D eigenvalue weighted by Crippen LogP contribution is -2.48. The molecule has 0 atom stereocenters. The van der Waals surface area contributed by atoms with E-state index in [1.807, 2.05) is 6.07 Å². The van der Waals surface area contributed by atoms with Crippen molar-refractivity contribution in [3.8, 4) is 0 Å². The number of Topliss-reactive ketones (excluding diaryl/α,β-unsaturated/α-hetero) is 1. The van der Waals surface area contributed by atoms with Crippen LogP contribution >= 0.6 is 11.3 Å². The van der Waals surface area contributed by atoms with E-state index in [2.05, 4.69) is 58.2 Å². The fourth-order valence-electron chi connectivity index (χ4n) is 4.08. The molecule has 154 valence electrons. The van der Waals surface area contributed by atoms with E-state index in [0.717, 1.165) is 44.8 Å². The molecule has 2 aromatic rings. The highest BCUT2D eigenvalue weighted by atomic mass is 32.1. The van der Waals surface area contributed by atoms with Gasteiger partial charge in [0.2, 0.25) is 5.91 Å². The number of thiazole rings is 1. The predicted molar refractivity (Wildman–Crippen MR) is 115 cm³/mol.